The van der Waals surface area contributed by atoms with Gasteiger partial charge in [0.2, 0.25) is 0 Å². The quantitative estimate of drug-likeness (QED) is 0.797. The van der Waals surface area contributed by atoms with Crippen molar-refractivity contribution in [3.05, 3.63) is 35.4 Å². The molecule has 2 nitrogen and oxygen atoms in total. The first-order valence-electron chi connectivity index (χ1n) is 7.27. The second-order valence-corrected chi connectivity index (χ2v) is 5.51. The molecule has 0 aliphatic heterocycles. The third-order valence-electron chi connectivity index (χ3n) is 3.39. The van der Waals surface area contributed by atoms with Crippen LogP contribution in [0.25, 0.3) is 0 Å². The van der Waals surface area contributed by atoms with Crippen molar-refractivity contribution in [1.29, 1.82) is 0 Å². The van der Waals surface area contributed by atoms with E-state index in [1.54, 1.807) is 6.07 Å². The van der Waals surface area contributed by atoms with Crippen molar-refractivity contribution < 1.29 is 17.9 Å². The lowest BCUT2D eigenvalue weighted by atomic mass is 9.88. The zero-order valence-corrected chi connectivity index (χ0v) is 13.1. The average Bonchev–Trinajstić information content (AvgIpc) is 2.38. The Bertz CT molecular complexity index is 443. The normalized spacial score (nSPS) is 14.2. The highest BCUT2D eigenvalue weighted by Gasteiger charge is 2.39. The zero-order chi connectivity index (χ0) is 16.1. The Morgan fingerprint density at radius 2 is 1.76 bits per heavy atom. The first-order valence-corrected chi connectivity index (χ1v) is 7.27. The molecule has 0 saturated carbocycles. The minimum absolute atomic E-state index is 0.233. The highest BCUT2D eigenvalue weighted by molar-refractivity contribution is 5.34. The van der Waals surface area contributed by atoms with Gasteiger partial charge in [0.25, 0.3) is 0 Å². The Kier molecular flexibility index (Phi) is 6.23. The average molecular weight is 303 g/mol. The second kappa shape index (κ2) is 7.27. The van der Waals surface area contributed by atoms with Gasteiger partial charge in [0.05, 0.1) is 17.2 Å². The van der Waals surface area contributed by atoms with Gasteiger partial charge in [-0.2, -0.15) is 13.2 Å². The predicted molar refractivity (Wildman–Crippen MR) is 78.2 cm³/mol. The molecule has 0 bridgehead atoms. The van der Waals surface area contributed by atoms with Crippen molar-refractivity contribution in [2.45, 2.75) is 51.9 Å². The topological polar surface area (TPSA) is 21.3 Å². The summed E-state index contributed by atoms with van der Waals surface area (Å²) < 4.78 is 45.4. The second-order valence-electron chi connectivity index (χ2n) is 5.51. The van der Waals surface area contributed by atoms with E-state index in [4.69, 9.17) is 4.74 Å². The molecule has 0 heterocycles. The molecule has 1 atom stereocenters. The number of ether oxygens (including phenoxy) is 1. The molecule has 1 unspecified atom stereocenters. The van der Waals surface area contributed by atoms with Gasteiger partial charge in [-0.15, -0.1) is 0 Å². The molecule has 0 radical (unpaired) electrons. The SMILES string of the molecule is CCCNC(c1ccccc1C(F)(F)F)C(C)(C)OCC. The smallest absolute Gasteiger partial charge is 0.374 e. The number of halogens is 3. The Labute approximate surface area is 124 Å². The van der Waals surface area contributed by atoms with Gasteiger partial charge in [0.1, 0.15) is 0 Å². The number of rotatable bonds is 7. The van der Waals surface area contributed by atoms with Crippen LogP contribution in [0.2, 0.25) is 0 Å². The molecule has 0 saturated heterocycles. The summed E-state index contributed by atoms with van der Waals surface area (Å²) in [7, 11) is 0. The van der Waals surface area contributed by atoms with Crippen LogP contribution in [0.3, 0.4) is 0 Å². The molecule has 5 heteroatoms. The van der Waals surface area contributed by atoms with E-state index in [0.29, 0.717) is 13.2 Å². The lowest BCUT2D eigenvalue weighted by Crippen LogP contribution is -2.42. The van der Waals surface area contributed by atoms with E-state index in [1.807, 2.05) is 27.7 Å². The Balaban J connectivity index is 3.27. The molecule has 0 aromatic heterocycles. The van der Waals surface area contributed by atoms with Gasteiger partial charge in [-0.25, -0.2) is 0 Å². The molecular formula is C16H24F3NO. The summed E-state index contributed by atoms with van der Waals surface area (Å²) in [6.07, 6.45) is -3.53. The fraction of sp³-hybridized carbons (Fsp3) is 0.625. The van der Waals surface area contributed by atoms with E-state index in [-0.39, 0.29) is 5.56 Å². The van der Waals surface area contributed by atoms with Crippen LogP contribution >= 0.6 is 0 Å². The molecule has 0 fully saturated rings. The van der Waals surface area contributed by atoms with Crippen molar-refractivity contribution in [2.75, 3.05) is 13.2 Å². The molecule has 0 aliphatic carbocycles. The van der Waals surface area contributed by atoms with E-state index in [1.165, 1.54) is 12.1 Å². The Morgan fingerprint density at radius 3 is 2.29 bits per heavy atom. The zero-order valence-electron chi connectivity index (χ0n) is 13.1. The number of alkyl halides is 3. The molecule has 0 aliphatic rings. The maximum Gasteiger partial charge on any atom is 0.416 e. The lowest BCUT2D eigenvalue weighted by molar-refractivity contribution is -0.139. The van der Waals surface area contributed by atoms with E-state index < -0.39 is 23.4 Å². The summed E-state index contributed by atoms with van der Waals surface area (Å²) in [4.78, 5) is 0. The van der Waals surface area contributed by atoms with Crippen LogP contribution < -0.4 is 5.32 Å². The molecule has 1 aromatic carbocycles. The molecule has 0 spiro atoms. The maximum absolute atomic E-state index is 13.2. The van der Waals surface area contributed by atoms with Gasteiger partial charge in [0, 0.05) is 6.61 Å². The van der Waals surface area contributed by atoms with Crippen LogP contribution in [0.5, 0.6) is 0 Å². The standard InChI is InChI=1S/C16H24F3NO/c1-5-11-20-14(15(3,4)21-6-2)12-9-7-8-10-13(12)16(17,18)19/h7-10,14,20H,5-6,11H2,1-4H3. The van der Waals surface area contributed by atoms with Crippen molar-refractivity contribution in [2.24, 2.45) is 0 Å². The van der Waals surface area contributed by atoms with E-state index >= 15 is 0 Å². The summed E-state index contributed by atoms with van der Waals surface area (Å²) in [5.41, 5.74) is -1.10. The van der Waals surface area contributed by atoms with Gasteiger partial charge in [-0.3, -0.25) is 0 Å². The monoisotopic (exact) mass is 303 g/mol. The van der Waals surface area contributed by atoms with Gasteiger partial charge in [-0.1, -0.05) is 25.1 Å². The number of benzene rings is 1. The summed E-state index contributed by atoms with van der Waals surface area (Å²) in [5, 5.41) is 3.20. The molecule has 1 N–H and O–H groups in total. The van der Waals surface area contributed by atoms with Crippen LogP contribution in [0, 0.1) is 0 Å². The van der Waals surface area contributed by atoms with Crippen LogP contribution in [0.15, 0.2) is 24.3 Å². The first kappa shape index (κ1) is 18.0. The van der Waals surface area contributed by atoms with Crippen LogP contribution in [0.4, 0.5) is 13.2 Å². The van der Waals surface area contributed by atoms with Crippen LogP contribution in [-0.2, 0) is 10.9 Å². The molecule has 0 amide bonds. The first-order chi connectivity index (χ1) is 9.74. The largest absolute Gasteiger partial charge is 0.416 e. The Morgan fingerprint density at radius 1 is 1.14 bits per heavy atom. The highest BCUT2D eigenvalue weighted by atomic mass is 19.4. The summed E-state index contributed by atoms with van der Waals surface area (Å²) in [5.74, 6) is 0. The number of hydrogen-bond acceptors (Lipinski definition) is 2. The van der Waals surface area contributed by atoms with Crippen LogP contribution in [0.1, 0.15) is 51.3 Å². The van der Waals surface area contributed by atoms with Gasteiger partial charge in [0.15, 0.2) is 0 Å². The number of hydrogen-bond donors (Lipinski definition) is 1. The fourth-order valence-electron chi connectivity index (χ4n) is 2.48. The van der Waals surface area contributed by atoms with Gasteiger partial charge >= 0.3 is 6.18 Å². The van der Waals surface area contributed by atoms with Crippen molar-refractivity contribution in [3.63, 3.8) is 0 Å². The summed E-state index contributed by atoms with van der Waals surface area (Å²) in [6, 6.07) is 5.18. The summed E-state index contributed by atoms with van der Waals surface area (Å²) >= 11 is 0. The van der Waals surface area contributed by atoms with E-state index in [9.17, 15) is 13.2 Å². The molecule has 1 aromatic rings. The van der Waals surface area contributed by atoms with Crippen LogP contribution in [-0.4, -0.2) is 18.8 Å². The van der Waals surface area contributed by atoms with Crippen molar-refractivity contribution in [1.82, 2.24) is 5.32 Å². The maximum atomic E-state index is 13.2. The van der Waals surface area contributed by atoms with E-state index in [2.05, 4.69) is 5.32 Å². The van der Waals surface area contributed by atoms with E-state index in [0.717, 1.165) is 12.5 Å². The third-order valence-corrected chi connectivity index (χ3v) is 3.39. The van der Waals surface area contributed by atoms with Crippen molar-refractivity contribution >= 4 is 0 Å². The number of nitrogens with one attached hydrogen (secondary N) is 1. The predicted octanol–water partition coefficient (Wildman–Crippen LogP) is 4.56. The highest BCUT2D eigenvalue weighted by Crippen LogP contribution is 2.38. The molecule has 1 rings (SSSR count). The van der Waals surface area contributed by atoms with Gasteiger partial charge < -0.3 is 10.1 Å². The molecule has 120 valence electrons. The van der Waals surface area contributed by atoms with Crippen molar-refractivity contribution in [3.8, 4) is 0 Å². The minimum atomic E-state index is -4.37. The molecular weight excluding hydrogens is 279 g/mol. The lowest BCUT2D eigenvalue weighted by Gasteiger charge is -2.36. The fourth-order valence-corrected chi connectivity index (χ4v) is 2.48. The third kappa shape index (κ3) is 4.71. The Hall–Kier alpha value is -1.07. The molecule has 21 heavy (non-hydrogen) atoms. The summed E-state index contributed by atoms with van der Waals surface area (Å²) in [6.45, 7) is 8.54. The van der Waals surface area contributed by atoms with Gasteiger partial charge in [-0.05, 0) is 45.4 Å². The minimum Gasteiger partial charge on any atom is -0.374 e.